The highest BCUT2D eigenvalue weighted by molar-refractivity contribution is 5.72. The van der Waals surface area contributed by atoms with Crippen LogP contribution in [0, 0.1) is 0 Å². The van der Waals surface area contributed by atoms with Crippen LogP contribution in [-0.4, -0.2) is 61.7 Å². The van der Waals surface area contributed by atoms with Crippen LogP contribution in [0.15, 0.2) is 43.0 Å². The predicted octanol–water partition coefficient (Wildman–Crippen LogP) is 4.78. The first kappa shape index (κ1) is 28.7. The number of hydrogen-bond donors (Lipinski definition) is 2. The first-order valence-electron chi connectivity index (χ1n) is 12.9. The van der Waals surface area contributed by atoms with Crippen LogP contribution in [0.2, 0.25) is 0 Å². The average Bonchev–Trinajstić information content (AvgIpc) is 2.92. The monoisotopic (exact) mass is 558 g/mol. The van der Waals surface area contributed by atoms with Crippen molar-refractivity contribution in [2.75, 3.05) is 25.0 Å². The number of alkyl halides is 3. The quantitative estimate of drug-likeness (QED) is 0.356. The molecule has 1 aliphatic rings. The molecule has 0 atom stereocenters. The highest BCUT2D eigenvalue weighted by atomic mass is 19.4. The van der Waals surface area contributed by atoms with Crippen LogP contribution in [0.25, 0.3) is 0 Å². The summed E-state index contributed by atoms with van der Waals surface area (Å²) < 4.78 is 46.2. The standard InChI is InChI=1S/C27H29F3N6O4/c1-2-40-24(37)13-19-14-31-16-33-22(19)7-8-23-21(27(28,29)30)15-32-25(35-23)34-20-5-3-17(4-6-20)18-9-11-36(12-10-18)26(38)39/h3-6,14-16,18H,2,7-13H2,1H3,(H,38,39)(H,32,34,35). The Kier molecular flexibility index (Phi) is 9.12. The van der Waals surface area contributed by atoms with Crippen molar-refractivity contribution in [1.82, 2.24) is 24.8 Å². The summed E-state index contributed by atoms with van der Waals surface area (Å²) in [6.07, 6.45) is -0.698. The minimum absolute atomic E-state index is 0.0138. The number of anilines is 2. The molecule has 212 valence electrons. The second-order valence-corrected chi connectivity index (χ2v) is 9.32. The first-order valence-corrected chi connectivity index (χ1v) is 12.9. The Labute approximate surface area is 228 Å². The lowest BCUT2D eigenvalue weighted by atomic mass is 9.89. The van der Waals surface area contributed by atoms with E-state index in [1.165, 1.54) is 17.4 Å². The number of esters is 1. The number of aryl methyl sites for hydroxylation is 2. The Morgan fingerprint density at radius 1 is 1.07 bits per heavy atom. The minimum atomic E-state index is -4.65. The summed E-state index contributed by atoms with van der Waals surface area (Å²) in [7, 11) is 0. The van der Waals surface area contributed by atoms with Crippen LogP contribution in [0.1, 0.15) is 53.8 Å². The number of nitrogens with one attached hydrogen (secondary N) is 1. The van der Waals surface area contributed by atoms with Gasteiger partial charge in [-0.25, -0.2) is 24.7 Å². The summed E-state index contributed by atoms with van der Waals surface area (Å²) in [6, 6.07) is 7.41. The minimum Gasteiger partial charge on any atom is -0.466 e. The fourth-order valence-electron chi connectivity index (χ4n) is 4.64. The largest absolute Gasteiger partial charge is 0.466 e. The maximum Gasteiger partial charge on any atom is 0.419 e. The number of carbonyl (C=O) groups excluding carboxylic acids is 1. The second-order valence-electron chi connectivity index (χ2n) is 9.32. The molecule has 3 aromatic rings. The number of carbonyl (C=O) groups is 2. The maximum atomic E-state index is 13.7. The van der Waals surface area contributed by atoms with E-state index in [0.29, 0.717) is 30.0 Å². The summed E-state index contributed by atoms with van der Waals surface area (Å²) in [6.45, 7) is 2.84. The highest BCUT2D eigenvalue weighted by Gasteiger charge is 2.35. The zero-order valence-electron chi connectivity index (χ0n) is 21.8. The topological polar surface area (TPSA) is 130 Å². The van der Waals surface area contributed by atoms with Gasteiger partial charge in [0.15, 0.2) is 0 Å². The van der Waals surface area contributed by atoms with Gasteiger partial charge in [-0.3, -0.25) is 4.79 Å². The lowest BCUT2D eigenvalue weighted by molar-refractivity contribution is -0.142. The number of aromatic nitrogens is 4. The van der Waals surface area contributed by atoms with E-state index in [1.807, 2.05) is 12.1 Å². The van der Waals surface area contributed by atoms with Crippen LogP contribution in [0.4, 0.5) is 29.6 Å². The van der Waals surface area contributed by atoms with Gasteiger partial charge in [-0.05, 0) is 56.2 Å². The maximum absolute atomic E-state index is 13.7. The molecule has 13 heteroatoms. The van der Waals surface area contributed by atoms with Crippen LogP contribution < -0.4 is 5.32 Å². The first-order chi connectivity index (χ1) is 19.1. The molecule has 1 fully saturated rings. The molecular formula is C27H29F3N6O4. The van der Waals surface area contributed by atoms with E-state index in [4.69, 9.17) is 9.84 Å². The van der Waals surface area contributed by atoms with Gasteiger partial charge in [0.1, 0.15) is 6.33 Å². The van der Waals surface area contributed by atoms with E-state index >= 15 is 0 Å². The fraction of sp³-hybridized carbons (Fsp3) is 0.407. The van der Waals surface area contributed by atoms with Crippen molar-refractivity contribution in [2.45, 2.75) is 51.1 Å². The molecule has 1 saturated heterocycles. The van der Waals surface area contributed by atoms with E-state index in [0.717, 1.165) is 24.6 Å². The molecule has 4 rings (SSSR count). The molecule has 10 nitrogen and oxygen atoms in total. The van der Waals surface area contributed by atoms with Gasteiger partial charge in [-0.1, -0.05) is 12.1 Å². The summed E-state index contributed by atoms with van der Waals surface area (Å²) >= 11 is 0. The predicted molar refractivity (Wildman–Crippen MR) is 138 cm³/mol. The Morgan fingerprint density at radius 3 is 2.42 bits per heavy atom. The number of rotatable bonds is 9. The fourth-order valence-corrected chi connectivity index (χ4v) is 4.64. The van der Waals surface area contributed by atoms with E-state index in [-0.39, 0.29) is 43.4 Å². The second kappa shape index (κ2) is 12.7. The lowest BCUT2D eigenvalue weighted by Gasteiger charge is -2.30. The molecule has 0 bridgehead atoms. The van der Waals surface area contributed by atoms with Gasteiger partial charge in [0.05, 0.1) is 24.3 Å². The molecule has 0 unspecified atom stereocenters. The molecule has 2 N–H and O–H groups in total. The zero-order valence-corrected chi connectivity index (χ0v) is 21.8. The Hall–Kier alpha value is -4.29. The van der Waals surface area contributed by atoms with Gasteiger partial charge in [-0.15, -0.1) is 0 Å². The highest BCUT2D eigenvalue weighted by Crippen LogP contribution is 2.33. The van der Waals surface area contributed by atoms with Gasteiger partial charge in [-0.2, -0.15) is 13.2 Å². The SMILES string of the molecule is CCOC(=O)Cc1cncnc1CCc1nc(Nc2ccc(C3CCN(C(=O)O)CC3)cc2)ncc1C(F)(F)F. The molecule has 0 saturated carbocycles. The number of benzene rings is 1. The number of ether oxygens (including phenoxy) is 1. The summed E-state index contributed by atoms with van der Waals surface area (Å²) in [5.74, 6) is -0.228. The summed E-state index contributed by atoms with van der Waals surface area (Å²) in [4.78, 5) is 40.6. The number of carboxylic acid groups (broad SMARTS) is 1. The van der Waals surface area contributed by atoms with Crippen molar-refractivity contribution < 1.29 is 32.6 Å². The third-order valence-electron chi connectivity index (χ3n) is 6.70. The normalized spacial score (nSPS) is 14.2. The number of piperidine rings is 1. The van der Waals surface area contributed by atoms with Crippen LogP contribution in [-0.2, 0) is 35.0 Å². The van der Waals surface area contributed by atoms with Crippen molar-refractivity contribution in [1.29, 1.82) is 0 Å². The smallest absolute Gasteiger partial charge is 0.419 e. The van der Waals surface area contributed by atoms with E-state index in [2.05, 4.69) is 25.3 Å². The van der Waals surface area contributed by atoms with E-state index < -0.39 is 23.8 Å². The van der Waals surface area contributed by atoms with Crippen molar-refractivity contribution >= 4 is 23.7 Å². The Morgan fingerprint density at radius 2 is 1.77 bits per heavy atom. The van der Waals surface area contributed by atoms with Crippen molar-refractivity contribution in [2.24, 2.45) is 0 Å². The molecule has 1 aromatic carbocycles. The molecule has 40 heavy (non-hydrogen) atoms. The molecule has 1 amide bonds. The molecule has 2 aromatic heterocycles. The van der Waals surface area contributed by atoms with Crippen molar-refractivity contribution in [3.8, 4) is 0 Å². The molecular weight excluding hydrogens is 529 g/mol. The number of halogens is 3. The third-order valence-corrected chi connectivity index (χ3v) is 6.70. The molecule has 0 aliphatic carbocycles. The average molecular weight is 559 g/mol. The van der Waals surface area contributed by atoms with Gasteiger partial charge in [0, 0.05) is 42.4 Å². The third kappa shape index (κ3) is 7.42. The van der Waals surface area contributed by atoms with Gasteiger partial charge < -0.3 is 20.1 Å². The van der Waals surface area contributed by atoms with E-state index in [9.17, 15) is 22.8 Å². The Bertz CT molecular complexity index is 1330. The Balaban J connectivity index is 1.47. The molecule has 3 heterocycles. The van der Waals surface area contributed by atoms with Crippen LogP contribution in [0.3, 0.4) is 0 Å². The van der Waals surface area contributed by atoms with Gasteiger partial charge in [0.2, 0.25) is 5.95 Å². The number of amides is 1. The zero-order chi connectivity index (χ0) is 28.7. The molecule has 1 aliphatic heterocycles. The van der Waals surface area contributed by atoms with Crippen molar-refractivity contribution in [3.63, 3.8) is 0 Å². The van der Waals surface area contributed by atoms with Gasteiger partial charge >= 0.3 is 18.2 Å². The lowest BCUT2D eigenvalue weighted by Crippen LogP contribution is -2.36. The summed E-state index contributed by atoms with van der Waals surface area (Å²) in [5.41, 5.74) is 1.44. The molecule has 0 radical (unpaired) electrons. The van der Waals surface area contributed by atoms with E-state index in [1.54, 1.807) is 19.1 Å². The van der Waals surface area contributed by atoms with Crippen LogP contribution in [0.5, 0.6) is 0 Å². The number of nitrogens with zero attached hydrogens (tertiary/aromatic N) is 5. The number of hydrogen-bond acceptors (Lipinski definition) is 8. The molecule has 0 spiro atoms. The van der Waals surface area contributed by atoms with Crippen LogP contribution >= 0.6 is 0 Å². The number of likely N-dealkylation sites (tertiary alicyclic amines) is 1. The van der Waals surface area contributed by atoms with Gasteiger partial charge in [0.25, 0.3) is 0 Å². The summed E-state index contributed by atoms with van der Waals surface area (Å²) in [5, 5.41) is 12.1. The van der Waals surface area contributed by atoms with Crippen molar-refractivity contribution in [3.05, 3.63) is 71.1 Å².